The minimum Gasteiger partial charge on any atom is -0.344 e. The van der Waals surface area contributed by atoms with E-state index in [1.807, 2.05) is 19.0 Å². The molecule has 0 aromatic carbocycles. The molecule has 0 spiro atoms. The van der Waals surface area contributed by atoms with Crippen molar-refractivity contribution in [1.29, 1.82) is 0 Å². The normalized spacial score (nSPS) is 19.4. The van der Waals surface area contributed by atoms with Crippen molar-refractivity contribution in [3.8, 4) is 0 Å². The molecule has 94 valence electrons. The summed E-state index contributed by atoms with van der Waals surface area (Å²) in [6.07, 6.45) is 5.14. The Kier molecular flexibility index (Phi) is 5.06. The Bertz CT molecular complexity index is 227. The lowest BCUT2D eigenvalue weighted by Crippen LogP contribution is -2.38. The van der Waals surface area contributed by atoms with Crippen LogP contribution in [0.2, 0.25) is 0 Å². The van der Waals surface area contributed by atoms with Gasteiger partial charge in [0.05, 0.1) is 0 Å². The van der Waals surface area contributed by atoms with Crippen molar-refractivity contribution in [2.75, 3.05) is 27.2 Å². The van der Waals surface area contributed by atoms with Gasteiger partial charge in [0.1, 0.15) is 0 Å². The smallest absolute Gasteiger partial charge is 0.226 e. The van der Waals surface area contributed by atoms with Gasteiger partial charge in [0.15, 0.2) is 0 Å². The number of likely N-dealkylation sites (N-methyl/N-ethyl adjacent to an activating group) is 2. The largest absolute Gasteiger partial charge is 0.344 e. The molecule has 2 fully saturated rings. The fourth-order valence-electron chi connectivity index (χ4n) is 2.34. The van der Waals surface area contributed by atoms with Crippen LogP contribution in [0.4, 0.5) is 0 Å². The van der Waals surface area contributed by atoms with E-state index in [1.54, 1.807) is 0 Å². The van der Waals surface area contributed by atoms with Crippen LogP contribution in [0.5, 0.6) is 0 Å². The van der Waals surface area contributed by atoms with Crippen molar-refractivity contribution in [3.63, 3.8) is 0 Å². The molecule has 0 aromatic rings. The van der Waals surface area contributed by atoms with Crippen LogP contribution in [0.15, 0.2) is 0 Å². The molecule has 0 atom stereocenters. The van der Waals surface area contributed by atoms with Gasteiger partial charge in [-0.25, -0.2) is 0 Å². The van der Waals surface area contributed by atoms with Gasteiger partial charge in [0.25, 0.3) is 0 Å². The van der Waals surface area contributed by atoms with Crippen molar-refractivity contribution in [1.82, 2.24) is 10.2 Å². The first-order valence-corrected chi connectivity index (χ1v) is 6.13. The number of carbonyl (C=O) groups excluding carboxylic acids is 1. The van der Waals surface area contributed by atoms with E-state index in [1.165, 1.54) is 25.7 Å². The molecule has 0 aliphatic heterocycles. The number of hydrogen-bond donors (Lipinski definition) is 1. The van der Waals surface area contributed by atoms with Gasteiger partial charge in [-0.05, 0) is 44.6 Å². The Hall–Kier alpha value is -0.280. The van der Waals surface area contributed by atoms with Gasteiger partial charge in [-0.15, -0.1) is 12.4 Å². The van der Waals surface area contributed by atoms with Crippen molar-refractivity contribution < 1.29 is 4.79 Å². The number of nitrogens with one attached hydrogen (secondary N) is 1. The predicted octanol–water partition coefficient (Wildman–Crippen LogP) is 1.52. The highest BCUT2D eigenvalue weighted by molar-refractivity contribution is 5.85. The molecular weight excluding hydrogens is 224 g/mol. The van der Waals surface area contributed by atoms with E-state index in [-0.39, 0.29) is 12.4 Å². The molecule has 2 aliphatic rings. The fraction of sp³-hybridized carbons (Fsp3) is 0.917. The summed E-state index contributed by atoms with van der Waals surface area (Å²) in [6.45, 7) is 1.73. The topological polar surface area (TPSA) is 32.3 Å². The third kappa shape index (κ3) is 3.36. The molecule has 2 saturated carbocycles. The maximum absolute atomic E-state index is 12.2. The standard InChI is InChI=1S/C12H22N2O.ClH/c1-13-7-8-14(2)12(15)11(9-3-4-9)10-5-6-10;/h9-11,13H,3-8H2,1-2H3;1H. The third-order valence-corrected chi connectivity index (χ3v) is 3.62. The second-order valence-corrected chi connectivity index (χ2v) is 5.06. The van der Waals surface area contributed by atoms with E-state index in [0.29, 0.717) is 11.8 Å². The average Bonchev–Trinajstić information content (AvgIpc) is 3.06. The van der Waals surface area contributed by atoms with Gasteiger partial charge in [0, 0.05) is 26.1 Å². The van der Waals surface area contributed by atoms with Crippen LogP contribution < -0.4 is 5.32 Å². The summed E-state index contributed by atoms with van der Waals surface area (Å²) >= 11 is 0. The zero-order chi connectivity index (χ0) is 10.8. The number of amides is 1. The lowest BCUT2D eigenvalue weighted by Gasteiger charge is -2.23. The molecule has 2 rings (SSSR count). The molecule has 0 radical (unpaired) electrons. The second kappa shape index (κ2) is 5.87. The first-order valence-electron chi connectivity index (χ1n) is 6.13. The predicted molar refractivity (Wildman–Crippen MR) is 67.7 cm³/mol. The van der Waals surface area contributed by atoms with E-state index in [2.05, 4.69) is 5.32 Å². The van der Waals surface area contributed by atoms with Crippen molar-refractivity contribution in [2.45, 2.75) is 25.7 Å². The van der Waals surface area contributed by atoms with E-state index in [4.69, 9.17) is 0 Å². The van der Waals surface area contributed by atoms with Crippen LogP contribution in [-0.4, -0.2) is 38.0 Å². The SMILES string of the molecule is CNCCN(C)C(=O)C(C1CC1)C1CC1.Cl. The van der Waals surface area contributed by atoms with Crippen molar-refractivity contribution in [3.05, 3.63) is 0 Å². The van der Waals surface area contributed by atoms with Crippen LogP contribution in [0.3, 0.4) is 0 Å². The van der Waals surface area contributed by atoms with Crippen molar-refractivity contribution in [2.24, 2.45) is 17.8 Å². The Morgan fingerprint density at radius 2 is 1.81 bits per heavy atom. The maximum Gasteiger partial charge on any atom is 0.226 e. The van der Waals surface area contributed by atoms with Crippen molar-refractivity contribution >= 4 is 18.3 Å². The molecule has 3 nitrogen and oxygen atoms in total. The molecule has 1 amide bonds. The van der Waals surface area contributed by atoms with E-state index < -0.39 is 0 Å². The molecule has 16 heavy (non-hydrogen) atoms. The number of nitrogens with zero attached hydrogens (tertiary/aromatic N) is 1. The van der Waals surface area contributed by atoms with Gasteiger partial charge >= 0.3 is 0 Å². The average molecular weight is 247 g/mol. The zero-order valence-electron chi connectivity index (χ0n) is 10.2. The number of carbonyl (C=O) groups is 1. The van der Waals surface area contributed by atoms with E-state index >= 15 is 0 Å². The molecule has 0 bridgehead atoms. The highest BCUT2D eigenvalue weighted by atomic mass is 35.5. The monoisotopic (exact) mass is 246 g/mol. The zero-order valence-corrected chi connectivity index (χ0v) is 11.1. The summed E-state index contributed by atoms with van der Waals surface area (Å²) in [4.78, 5) is 14.1. The molecular formula is C12H23ClN2O. The van der Waals surface area contributed by atoms with Crippen LogP contribution in [0, 0.1) is 17.8 Å². The summed E-state index contributed by atoms with van der Waals surface area (Å²) in [7, 11) is 3.87. The van der Waals surface area contributed by atoms with Crippen LogP contribution in [-0.2, 0) is 4.79 Å². The highest BCUT2D eigenvalue weighted by Crippen LogP contribution is 2.49. The Morgan fingerprint density at radius 3 is 2.19 bits per heavy atom. The van der Waals surface area contributed by atoms with E-state index in [9.17, 15) is 4.79 Å². The van der Waals surface area contributed by atoms with Gasteiger partial charge in [-0.2, -0.15) is 0 Å². The first-order chi connectivity index (χ1) is 7.24. The second-order valence-electron chi connectivity index (χ2n) is 5.06. The number of hydrogen-bond acceptors (Lipinski definition) is 2. The molecule has 0 saturated heterocycles. The number of halogens is 1. The molecule has 2 aliphatic carbocycles. The lowest BCUT2D eigenvalue weighted by molar-refractivity contribution is -0.135. The van der Waals surface area contributed by atoms with Gasteiger partial charge in [0.2, 0.25) is 5.91 Å². The fourth-order valence-corrected chi connectivity index (χ4v) is 2.34. The van der Waals surface area contributed by atoms with E-state index in [0.717, 1.165) is 24.9 Å². The number of rotatable bonds is 6. The maximum atomic E-state index is 12.2. The minimum atomic E-state index is 0. The highest BCUT2D eigenvalue weighted by Gasteiger charge is 2.46. The summed E-state index contributed by atoms with van der Waals surface area (Å²) in [5, 5.41) is 3.09. The van der Waals surface area contributed by atoms with Gasteiger partial charge in [-0.1, -0.05) is 0 Å². The third-order valence-electron chi connectivity index (χ3n) is 3.62. The summed E-state index contributed by atoms with van der Waals surface area (Å²) in [6, 6.07) is 0. The van der Waals surface area contributed by atoms with Crippen LogP contribution in [0.1, 0.15) is 25.7 Å². The summed E-state index contributed by atoms with van der Waals surface area (Å²) in [5.41, 5.74) is 0. The summed E-state index contributed by atoms with van der Waals surface area (Å²) < 4.78 is 0. The van der Waals surface area contributed by atoms with Gasteiger partial charge < -0.3 is 10.2 Å². The molecule has 0 aromatic heterocycles. The molecule has 1 N–H and O–H groups in total. The van der Waals surface area contributed by atoms with Crippen LogP contribution in [0.25, 0.3) is 0 Å². The molecule has 0 heterocycles. The lowest BCUT2D eigenvalue weighted by atomic mass is 9.96. The quantitative estimate of drug-likeness (QED) is 0.771. The Labute approximate surface area is 104 Å². The Balaban J connectivity index is 0.00000128. The summed E-state index contributed by atoms with van der Waals surface area (Å²) in [5.74, 6) is 2.21. The van der Waals surface area contributed by atoms with Gasteiger partial charge in [-0.3, -0.25) is 4.79 Å². The minimum absolute atomic E-state index is 0. The molecule has 0 unspecified atom stereocenters. The van der Waals surface area contributed by atoms with Crippen LogP contribution >= 0.6 is 12.4 Å². The Morgan fingerprint density at radius 1 is 1.31 bits per heavy atom. The molecule has 4 heteroatoms. The first kappa shape index (κ1) is 13.8.